The van der Waals surface area contributed by atoms with E-state index in [0.717, 1.165) is 18.7 Å². The van der Waals surface area contributed by atoms with Crippen LogP contribution in [-0.4, -0.2) is 41.0 Å². The monoisotopic (exact) mass is 289 g/mol. The first kappa shape index (κ1) is 11.6. The number of aliphatic carboxylic acids is 1. The third-order valence-corrected chi connectivity index (χ3v) is 3.03. The van der Waals surface area contributed by atoms with Crippen LogP contribution in [0.5, 0.6) is 0 Å². The molecule has 1 fully saturated rings. The number of hydrogen-bond donors (Lipinski definition) is 3. The van der Waals surface area contributed by atoms with Crippen molar-refractivity contribution in [3.8, 4) is 0 Å². The van der Waals surface area contributed by atoms with Crippen molar-refractivity contribution < 1.29 is 14.6 Å². The highest BCUT2D eigenvalue weighted by atomic mass is 79.9. The fraction of sp³-hybridized carbons (Fsp3) is 0.556. The van der Waals surface area contributed by atoms with Gasteiger partial charge in [-0.05, 0) is 35.0 Å². The molecule has 2 rings (SSSR count). The molecule has 1 atom stereocenters. The minimum absolute atomic E-state index is 0.307. The molecule has 0 aliphatic carbocycles. The van der Waals surface area contributed by atoms with Crippen LogP contribution in [0.25, 0.3) is 0 Å². The Morgan fingerprint density at radius 2 is 2.56 bits per heavy atom. The van der Waals surface area contributed by atoms with Crippen LogP contribution >= 0.6 is 15.9 Å². The number of nitrogens with one attached hydrogen (secondary N) is 2. The predicted molar refractivity (Wildman–Crippen MR) is 59.0 cm³/mol. The van der Waals surface area contributed by atoms with Crippen LogP contribution in [0.3, 0.4) is 0 Å². The second-order valence-electron chi connectivity index (χ2n) is 3.71. The van der Waals surface area contributed by atoms with Gasteiger partial charge in [0.25, 0.3) is 0 Å². The summed E-state index contributed by atoms with van der Waals surface area (Å²) in [7, 11) is 0. The summed E-state index contributed by atoms with van der Waals surface area (Å²) in [4.78, 5) is 10.6. The molecule has 6 nitrogen and oxygen atoms in total. The van der Waals surface area contributed by atoms with E-state index >= 15 is 0 Å². The van der Waals surface area contributed by atoms with Gasteiger partial charge in [0.05, 0.1) is 5.69 Å². The number of carbonyl (C=O) groups is 1. The normalized spacial score (nSPS) is 24.8. The van der Waals surface area contributed by atoms with Crippen LogP contribution in [0.15, 0.2) is 10.7 Å². The van der Waals surface area contributed by atoms with E-state index < -0.39 is 11.6 Å². The van der Waals surface area contributed by atoms with Crippen molar-refractivity contribution in [1.29, 1.82) is 0 Å². The Balaban J connectivity index is 2.18. The second-order valence-corrected chi connectivity index (χ2v) is 4.52. The van der Waals surface area contributed by atoms with E-state index in [1.807, 2.05) is 6.07 Å². The quantitative estimate of drug-likeness (QED) is 0.750. The molecule has 88 valence electrons. The molecule has 2 heterocycles. The van der Waals surface area contributed by atoms with Gasteiger partial charge in [0.2, 0.25) is 0 Å². The molecule has 0 saturated carbocycles. The molecule has 0 spiro atoms. The summed E-state index contributed by atoms with van der Waals surface area (Å²) in [5, 5.41) is 18.7. The lowest BCUT2D eigenvalue weighted by atomic mass is 9.99. The molecule has 16 heavy (non-hydrogen) atoms. The zero-order valence-corrected chi connectivity index (χ0v) is 10.1. The van der Waals surface area contributed by atoms with E-state index in [2.05, 4.69) is 31.4 Å². The largest absolute Gasteiger partial charge is 0.480 e. The molecule has 1 aromatic heterocycles. The molecular weight excluding hydrogens is 278 g/mol. The Morgan fingerprint density at radius 3 is 3.06 bits per heavy atom. The Hall–Kier alpha value is -0.920. The highest BCUT2D eigenvalue weighted by Gasteiger charge is 2.39. The predicted octanol–water partition coefficient (Wildman–Crippen LogP) is 0.462. The summed E-state index contributed by atoms with van der Waals surface area (Å²) in [6.07, 6.45) is 0.731. The molecule has 0 bridgehead atoms. The number of halogens is 1. The summed E-state index contributed by atoms with van der Waals surface area (Å²) in [6, 6.07) is 1.81. The Bertz CT molecular complexity index is 387. The maximum Gasteiger partial charge on any atom is 0.329 e. The Morgan fingerprint density at radius 1 is 1.75 bits per heavy atom. The number of carboxylic acids is 1. The molecule has 3 N–H and O–H groups in total. The van der Waals surface area contributed by atoms with Crippen molar-refractivity contribution in [3.63, 3.8) is 0 Å². The van der Waals surface area contributed by atoms with Gasteiger partial charge in [0.1, 0.15) is 16.8 Å². The van der Waals surface area contributed by atoms with E-state index in [1.54, 1.807) is 0 Å². The molecule has 1 aliphatic rings. The van der Waals surface area contributed by atoms with E-state index in [1.165, 1.54) is 0 Å². The number of aromatic nitrogens is 2. The number of H-pyrrole nitrogens is 1. The van der Waals surface area contributed by atoms with E-state index in [0.29, 0.717) is 11.1 Å². The van der Waals surface area contributed by atoms with Crippen LogP contribution in [-0.2, 0) is 15.1 Å². The molecule has 0 radical (unpaired) electrons. The maximum atomic E-state index is 10.6. The topological polar surface area (TPSA) is 87.2 Å². The number of carboxylic acid groups (broad SMARTS) is 1. The molecule has 7 heteroatoms. The smallest absolute Gasteiger partial charge is 0.329 e. The van der Waals surface area contributed by atoms with Gasteiger partial charge >= 0.3 is 5.97 Å². The highest BCUT2D eigenvalue weighted by Crippen LogP contribution is 2.31. The lowest BCUT2D eigenvalue weighted by Gasteiger charge is -2.26. The summed E-state index contributed by atoms with van der Waals surface area (Å²) in [5.41, 5.74) is 0.197. The first-order valence-electron chi connectivity index (χ1n) is 4.90. The zero-order chi connectivity index (χ0) is 11.6. The van der Waals surface area contributed by atoms with E-state index in [4.69, 9.17) is 9.84 Å². The van der Waals surface area contributed by atoms with Crippen molar-refractivity contribution in [3.05, 3.63) is 16.4 Å². The van der Waals surface area contributed by atoms with Gasteiger partial charge in [0.15, 0.2) is 0 Å². The third kappa shape index (κ3) is 2.26. The van der Waals surface area contributed by atoms with Gasteiger partial charge in [-0.1, -0.05) is 0 Å². The molecule has 1 aromatic rings. The average molecular weight is 290 g/mol. The number of nitrogens with zero attached hydrogens (tertiary/aromatic N) is 1. The minimum Gasteiger partial charge on any atom is -0.480 e. The summed E-state index contributed by atoms with van der Waals surface area (Å²) < 4.78 is 6.18. The lowest BCUT2D eigenvalue weighted by Crippen LogP contribution is -2.34. The molecule has 0 aromatic carbocycles. The number of aromatic amines is 1. The van der Waals surface area contributed by atoms with E-state index in [9.17, 15) is 4.79 Å². The van der Waals surface area contributed by atoms with Crippen molar-refractivity contribution in [2.24, 2.45) is 0 Å². The molecule has 1 saturated heterocycles. The van der Waals surface area contributed by atoms with Gasteiger partial charge < -0.3 is 15.2 Å². The average Bonchev–Trinajstić information content (AvgIpc) is 2.84. The van der Waals surface area contributed by atoms with Crippen LogP contribution in [0.2, 0.25) is 0 Å². The Labute approximate surface area is 100 Å². The second kappa shape index (κ2) is 4.52. The molecule has 0 amide bonds. The summed E-state index contributed by atoms with van der Waals surface area (Å²) in [6.45, 7) is 1.09. The Kier molecular flexibility index (Phi) is 3.27. The van der Waals surface area contributed by atoms with Crippen molar-refractivity contribution >= 4 is 21.9 Å². The number of ether oxygens (including phenoxy) is 1. The lowest BCUT2D eigenvalue weighted by molar-refractivity contribution is -0.149. The third-order valence-electron chi connectivity index (χ3n) is 2.63. The number of hydrogen-bond acceptors (Lipinski definition) is 4. The summed E-state index contributed by atoms with van der Waals surface area (Å²) in [5.74, 6) is -0.968. The van der Waals surface area contributed by atoms with Gasteiger partial charge in [0, 0.05) is 6.54 Å². The first-order chi connectivity index (χ1) is 7.62. The van der Waals surface area contributed by atoms with Gasteiger partial charge in [-0.25, -0.2) is 4.79 Å². The van der Waals surface area contributed by atoms with Crippen molar-refractivity contribution in [2.75, 3.05) is 19.7 Å². The molecule has 1 unspecified atom stereocenters. The van der Waals surface area contributed by atoms with Gasteiger partial charge in [-0.2, -0.15) is 5.10 Å². The maximum absolute atomic E-state index is 10.6. The molecule has 1 aliphatic heterocycles. The fourth-order valence-corrected chi connectivity index (χ4v) is 2.15. The van der Waals surface area contributed by atoms with Crippen molar-refractivity contribution in [1.82, 2.24) is 15.5 Å². The van der Waals surface area contributed by atoms with E-state index in [-0.39, 0.29) is 6.61 Å². The zero-order valence-electron chi connectivity index (χ0n) is 8.49. The summed E-state index contributed by atoms with van der Waals surface area (Å²) >= 11 is 3.25. The highest BCUT2D eigenvalue weighted by molar-refractivity contribution is 9.10. The number of rotatable bonds is 4. The fourth-order valence-electron chi connectivity index (χ4n) is 1.83. The van der Waals surface area contributed by atoms with Gasteiger partial charge in [-0.15, -0.1) is 0 Å². The van der Waals surface area contributed by atoms with Crippen molar-refractivity contribution in [2.45, 2.75) is 12.0 Å². The van der Waals surface area contributed by atoms with Crippen LogP contribution in [0.1, 0.15) is 12.1 Å². The van der Waals surface area contributed by atoms with Crippen LogP contribution < -0.4 is 5.32 Å². The standard InChI is InChI=1S/C9H12BrN3O3/c10-7-3-6(12-13-7)9(1-2-11-5-9)16-4-8(14)15/h3,11H,1-2,4-5H2,(H,12,13)(H,14,15). The minimum atomic E-state index is -0.968. The van der Waals surface area contributed by atoms with Crippen LogP contribution in [0, 0.1) is 0 Å². The SMILES string of the molecule is O=C(O)COC1(c2cc(Br)n[nH]2)CCNC1. The van der Waals surface area contributed by atoms with Gasteiger partial charge in [-0.3, -0.25) is 5.10 Å². The van der Waals surface area contributed by atoms with Crippen LogP contribution in [0.4, 0.5) is 0 Å². The first-order valence-corrected chi connectivity index (χ1v) is 5.69. The molecular formula is C9H12BrN3O3.